The van der Waals surface area contributed by atoms with Crippen LogP contribution in [0.5, 0.6) is 0 Å². The number of oxazole rings is 1. The summed E-state index contributed by atoms with van der Waals surface area (Å²) in [4.78, 5) is 16.1. The molecule has 0 saturated heterocycles. The van der Waals surface area contributed by atoms with E-state index in [1.807, 2.05) is 60.7 Å². The maximum atomic E-state index is 11.8. The number of rotatable bonds is 3. The molecule has 0 fully saturated rings. The van der Waals surface area contributed by atoms with Crippen molar-refractivity contribution in [3.05, 3.63) is 66.6 Å². The lowest BCUT2D eigenvalue weighted by atomic mass is 10.1. The third-order valence-corrected chi connectivity index (χ3v) is 3.13. The van der Waals surface area contributed by atoms with Gasteiger partial charge >= 0.3 is 5.91 Å². The molecular weight excluding hydrogens is 264 g/mol. The van der Waals surface area contributed by atoms with Crippen LogP contribution in [0, 0.1) is 0 Å². The second-order valence-electron chi connectivity index (χ2n) is 4.51. The van der Waals surface area contributed by atoms with E-state index in [2.05, 4.69) is 10.3 Å². The molecule has 0 aliphatic carbocycles. The first kappa shape index (κ1) is 13.1. The molecule has 1 heterocycles. The van der Waals surface area contributed by atoms with E-state index < -0.39 is 0 Å². The number of amides is 1. The predicted molar refractivity (Wildman–Crippen MR) is 80.8 cm³/mol. The Balaban J connectivity index is 2.18. The van der Waals surface area contributed by atoms with Gasteiger partial charge in [-0.25, -0.2) is 4.98 Å². The van der Waals surface area contributed by atoms with Gasteiger partial charge in [0.2, 0.25) is 0 Å². The van der Waals surface area contributed by atoms with Crippen LogP contribution in [0.4, 0.5) is 0 Å². The lowest BCUT2D eigenvalue weighted by Crippen LogP contribution is -2.17. The number of carbonyl (C=O) groups excluding carboxylic acids is 1. The SMILES string of the molecule is CNC(=O)c1nc(-c2ccccc2)c(-c2ccccc2)o1. The Hall–Kier alpha value is -2.88. The number of nitrogens with zero attached hydrogens (tertiary/aromatic N) is 1. The van der Waals surface area contributed by atoms with Gasteiger partial charge in [-0.3, -0.25) is 4.79 Å². The van der Waals surface area contributed by atoms with Gasteiger partial charge < -0.3 is 9.73 Å². The highest BCUT2D eigenvalue weighted by molar-refractivity contribution is 5.91. The summed E-state index contributed by atoms with van der Waals surface area (Å²) >= 11 is 0. The molecule has 4 nitrogen and oxygen atoms in total. The van der Waals surface area contributed by atoms with Gasteiger partial charge in [0.05, 0.1) is 0 Å². The second-order valence-corrected chi connectivity index (χ2v) is 4.51. The maximum Gasteiger partial charge on any atom is 0.306 e. The molecular formula is C17H14N2O2. The van der Waals surface area contributed by atoms with Gasteiger partial charge in [-0.15, -0.1) is 0 Å². The minimum Gasteiger partial charge on any atom is -0.432 e. The first-order valence-corrected chi connectivity index (χ1v) is 6.63. The van der Waals surface area contributed by atoms with Crippen LogP contribution in [0.25, 0.3) is 22.6 Å². The molecule has 0 unspecified atom stereocenters. The molecule has 0 aliphatic heterocycles. The van der Waals surface area contributed by atoms with Gasteiger partial charge in [0, 0.05) is 18.2 Å². The van der Waals surface area contributed by atoms with E-state index in [1.54, 1.807) is 7.05 Å². The zero-order valence-electron chi connectivity index (χ0n) is 11.5. The molecule has 1 amide bonds. The Kier molecular flexibility index (Phi) is 3.51. The van der Waals surface area contributed by atoms with Gasteiger partial charge in [-0.05, 0) is 0 Å². The van der Waals surface area contributed by atoms with Crippen molar-refractivity contribution in [3.8, 4) is 22.6 Å². The van der Waals surface area contributed by atoms with Crippen molar-refractivity contribution in [2.75, 3.05) is 7.05 Å². The third kappa shape index (κ3) is 2.56. The third-order valence-electron chi connectivity index (χ3n) is 3.13. The number of hydrogen-bond donors (Lipinski definition) is 1. The molecule has 0 atom stereocenters. The highest BCUT2D eigenvalue weighted by Gasteiger charge is 2.20. The highest BCUT2D eigenvalue weighted by Crippen LogP contribution is 2.32. The number of aromatic nitrogens is 1. The monoisotopic (exact) mass is 278 g/mol. The minimum absolute atomic E-state index is 0.0650. The van der Waals surface area contributed by atoms with Crippen molar-refractivity contribution in [1.29, 1.82) is 0 Å². The van der Waals surface area contributed by atoms with Gasteiger partial charge in [0.1, 0.15) is 5.69 Å². The molecule has 2 aromatic carbocycles. The van der Waals surface area contributed by atoms with Crippen molar-refractivity contribution in [2.24, 2.45) is 0 Å². The predicted octanol–water partition coefficient (Wildman–Crippen LogP) is 3.37. The van der Waals surface area contributed by atoms with Gasteiger partial charge in [-0.1, -0.05) is 60.7 Å². The standard InChI is InChI=1S/C17H14N2O2/c1-18-16(20)17-19-14(12-8-4-2-5-9-12)15(21-17)13-10-6-3-7-11-13/h2-11H,1H3,(H,18,20). The van der Waals surface area contributed by atoms with E-state index in [0.29, 0.717) is 11.5 Å². The molecule has 104 valence electrons. The number of nitrogens with one attached hydrogen (secondary N) is 1. The highest BCUT2D eigenvalue weighted by atomic mass is 16.4. The van der Waals surface area contributed by atoms with E-state index in [4.69, 9.17) is 4.42 Å². The summed E-state index contributed by atoms with van der Waals surface area (Å²) in [5, 5.41) is 2.53. The molecule has 4 heteroatoms. The lowest BCUT2D eigenvalue weighted by Gasteiger charge is -2.00. The topological polar surface area (TPSA) is 55.1 Å². The van der Waals surface area contributed by atoms with E-state index in [0.717, 1.165) is 11.1 Å². The number of carbonyl (C=O) groups is 1. The first-order chi connectivity index (χ1) is 10.3. The van der Waals surface area contributed by atoms with E-state index in [9.17, 15) is 4.79 Å². The molecule has 0 aliphatic rings. The summed E-state index contributed by atoms with van der Waals surface area (Å²) in [7, 11) is 1.55. The van der Waals surface area contributed by atoms with Gasteiger partial charge in [0.15, 0.2) is 5.76 Å². The fourth-order valence-corrected chi connectivity index (χ4v) is 2.10. The van der Waals surface area contributed by atoms with Crippen molar-refractivity contribution >= 4 is 5.91 Å². The maximum absolute atomic E-state index is 11.8. The fourth-order valence-electron chi connectivity index (χ4n) is 2.10. The summed E-state index contributed by atoms with van der Waals surface area (Å²) in [6, 6.07) is 19.3. The smallest absolute Gasteiger partial charge is 0.306 e. The Morgan fingerprint density at radius 3 is 2.10 bits per heavy atom. The van der Waals surface area contributed by atoms with Crippen LogP contribution in [0.2, 0.25) is 0 Å². The summed E-state index contributed by atoms with van der Waals surface area (Å²) in [6.07, 6.45) is 0. The average Bonchev–Trinajstić information content (AvgIpc) is 3.01. The van der Waals surface area contributed by atoms with Crippen molar-refractivity contribution in [3.63, 3.8) is 0 Å². The van der Waals surface area contributed by atoms with E-state index >= 15 is 0 Å². The lowest BCUT2D eigenvalue weighted by molar-refractivity contribution is 0.0929. The average molecular weight is 278 g/mol. The minimum atomic E-state index is -0.339. The first-order valence-electron chi connectivity index (χ1n) is 6.63. The molecule has 0 bridgehead atoms. The molecule has 0 saturated carbocycles. The molecule has 21 heavy (non-hydrogen) atoms. The second kappa shape index (κ2) is 5.63. The number of benzene rings is 2. The van der Waals surface area contributed by atoms with Crippen LogP contribution >= 0.6 is 0 Å². The van der Waals surface area contributed by atoms with Crippen molar-refractivity contribution in [1.82, 2.24) is 10.3 Å². The van der Waals surface area contributed by atoms with Crippen LogP contribution in [0.15, 0.2) is 65.1 Å². The van der Waals surface area contributed by atoms with E-state index in [1.165, 1.54) is 0 Å². The van der Waals surface area contributed by atoms with Gasteiger partial charge in [0.25, 0.3) is 5.89 Å². The number of hydrogen-bond acceptors (Lipinski definition) is 3. The van der Waals surface area contributed by atoms with Crippen molar-refractivity contribution in [2.45, 2.75) is 0 Å². The van der Waals surface area contributed by atoms with E-state index in [-0.39, 0.29) is 11.8 Å². The van der Waals surface area contributed by atoms with Gasteiger partial charge in [-0.2, -0.15) is 0 Å². The van der Waals surface area contributed by atoms with Crippen LogP contribution in [0.3, 0.4) is 0 Å². The largest absolute Gasteiger partial charge is 0.432 e. The molecule has 1 N–H and O–H groups in total. The van der Waals surface area contributed by atoms with Crippen molar-refractivity contribution < 1.29 is 9.21 Å². The molecule has 1 aromatic heterocycles. The Bertz CT molecular complexity index is 692. The Labute approximate surface area is 122 Å². The summed E-state index contributed by atoms with van der Waals surface area (Å²) in [6.45, 7) is 0. The summed E-state index contributed by atoms with van der Waals surface area (Å²) in [5.41, 5.74) is 2.47. The van der Waals surface area contributed by atoms with Crippen LogP contribution < -0.4 is 5.32 Å². The normalized spacial score (nSPS) is 10.3. The summed E-state index contributed by atoms with van der Waals surface area (Å²) < 4.78 is 5.68. The summed E-state index contributed by atoms with van der Waals surface area (Å²) in [5.74, 6) is 0.324. The zero-order chi connectivity index (χ0) is 14.7. The fraction of sp³-hybridized carbons (Fsp3) is 0.0588. The Morgan fingerprint density at radius 1 is 0.952 bits per heavy atom. The Morgan fingerprint density at radius 2 is 1.52 bits per heavy atom. The quantitative estimate of drug-likeness (QED) is 0.799. The molecule has 0 radical (unpaired) electrons. The molecule has 3 aromatic rings. The van der Waals surface area contributed by atoms with Crippen LogP contribution in [-0.4, -0.2) is 17.9 Å². The van der Waals surface area contributed by atoms with Crippen LogP contribution in [0.1, 0.15) is 10.7 Å². The molecule has 3 rings (SSSR count). The zero-order valence-corrected chi connectivity index (χ0v) is 11.5. The molecule has 0 spiro atoms. The van der Waals surface area contributed by atoms with Crippen LogP contribution in [-0.2, 0) is 0 Å².